The molecule has 1 fully saturated rings. The van der Waals surface area contributed by atoms with Gasteiger partial charge < -0.3 is 15.4 Å². The van der Waals surface area contributed by atoms with Gasteiger partial charge in [-0.1, -0.05) is 30.3 Å². The summed E-state index contributed by atoms with van der Waals surface area (Å²) < 4.78 is 9.37. The molecule has 0 spiro atoms. The first kappa shape index (κ1) is 25.3. The molecule has 2 unspecified atom stereocenters. The van der Waals surface area contributed by atoms with Crippen molar-refractivity contribution in [3.05, 3.63) is 54.6 Å². The van der Waals surface area contributed by atoms with Gasteiger partial charge in [0, 0.05) is 13.0 Å². The van der Waals surface area contributed by atoms with Crippen LogP contribution in [0.1, 0.15) is 39.2 Å². The normalized spacial score (nSPS) is 16.7. The molecule has 9 nitrogen and oxygen atoms in total. The fourth-order valence-corrected chi connectivity index (χ4v) is 3.97. The topological polar surface area (TPSA) is 96.5 Å². The Hall–Kier alpha value is -3.36. The summed E-state index contributed by atoms with van der Waals surface area (Å²) in [4.78, 5) is 40.3. The summed E-state index contributed by atoms with van der Waals surface area (Å²) in [5.41, 5.74) is 0.295. The van der Waals surface area contributed by atoms with E-state index in [0.29, 0.717) is 38.9 Å². The van der Waals surface area contributed by atoms with Crippen LogP contribution in [-0.4, -0.2) is 58.1 Å². The van der Waals surface area contributed by atoms with Crippen LogP contribution in [0.25, 0.3) is 0 Å². The van der Waals surface area contributed by atoms with Crippen molar-refractivity contribution in [2.45, 2.75) is 64.3 Å². The van der Waals surface area contributed by atoms with Crippen LogP contribution in [-0.2, 0) is 34.3 Å². The fraction of sp³-hybridized carbons (Fsp3) is 0.520. The van der Waals surface area contributed by atoms with Gasteiger partial charge >= 0.3 is 6.09 Å². The van der Waals surface area contributed by atoms with E-state index < -0.39 is 23.8 Å². The van der Waals surface area contributed by atoms with Crippen LogP contribution < -0.4 is 15.2 Å². The molecule has 0 radical (unpaired) electrons. The number of imidazole rings is 1. The van der Waals surface area contributed by atoms with Crippen LogP contribution in [0.3, 0.4) is 0 Å². The second-order valence-corrected chi connectivity index (χ2v) is 9.69. The molecule has 34 heavy (non-hydrogen) atoms. The highest BCUT2D eigenvalue weighted by molar-refractivity contribution is 5.91. The first-order valence-corrected chi connectivity index (χ1v) is 11.7. The lowest BCUT2D eigenvalue weighted by Crippen LogP contribution is -2.54. The van der Waals surface area contributed by atoms with E-state index in [4.69, 9.17) is 4.74 Å². The molecular weight excluding hydrogens is 434 g/mol. The molecule has 1 aliphatic rings. The van der Waals surface area contributed by atoms with Gasteiger partial charge in [-0.05, 0) is 39.2 Å². The second-order valence-electron chi connectivity index (χ2n) is 9.69. The summed E-state index contributed by atoms with van der Waals surface area (Å²) in [5.74, 6) is -0.590. The smallest absolute Gasteiger partial charge is 0.410 e. The summed E-state index contributed by atoms with van der Waals surface area (Å²) in [6.07, 6.45) is 6.89. The zero-order chi connectivity index (χ0) is 24.7. The van der Waals surface area contributed by atoms with Gasteiger partial charge in [-0.2, -0.15) is 0 Å². The molecule has 2 N–H and O–H groups in total. The lowest BCUT2D eigenvalue weighted by atomic mass is 10.0. The van der Waals surface area contributed by atoms with Gasteiger partial charge in [-0.15, -0.1) is 0 Å². The average Bonchev–Trinajstić information content (AvgIpc) is 3.42. The molecule has 1 aromatic heterocycles. The monoisotopic (exact) mass is 470 g/mol. The van der Waals surface area contributed by atoms with Crippen molar-refractivity contribution in [2.75, 3.05) is 13.1 Å². The van der Waals surface area contributed by atoms with Crippen molar-refractivity contribution >= 4 is 17.9 Å². The number of nitrogens with one attached hydrogen (secondary N) is 2. The molecule has 3 rings (SSSR count). The predicted molar refractivity (Wildman–Crippen MR) is 127 cm³/mol. The Morgan fingerprint density at radius 3 is 2.59 bits per heavy atom. The van der Waals surface area contributed by atoms with E-state index in [-0.39, 0.29) is 11.8 Å². The number of aromatic nitrogens is 2. The summed E-state index contributed by atoms with van der Waals surface area (Å²) in [6, 6.07) is 8.16. The van der Waals surface area contributed by atoms with Crippen LogP contribution in [0.4, 0.5) is 4.79 Å². The van der Waals surface area contributed by atoms with Crippen molar-refractivity contribution in [3.8, 4) is 0 Å². The Balaban J connectivity index is 1.65. The molecule has 0 bridgehead atoms. The lowest BCUT2D eigenvalue weighted by Gasteiger charge is -2.29. The number of carbonyl (C=O) groups is 3. The Morgan fingerprint density at radius 2 is 1.94 bits per heavy atom. The highest BCUT2D eigenvalue weighted by Gasteiger charge is 2.38. The van der Waals surface area contributed by atoms with Crippen molar-refractivity contribution < 1.29 is 23.7 Å². The molecule has 0 aliphatic carbocycles. The number of aryl methyl sites for hydroxylation is 1. The van der Waals surface area contributed by atoms with Gasteiger partial charge in [0.25, 0.3) is 0 Å². The summed E-state index contributed by atoms with van der Waals surface area (Å²) in [5, 5.41) is 5.83. The molecular formula is C25H36N5O4+. The van der Waals surface area contributed by atoms with E-state index in [0.717, 1.165) is 5.56 Å². The number of nitrogens with zero attached hydrogens (tertiary/aromatic N) is 3. The van der Waals surface area contributed by atoms with Gasteiger partial charge in [0.2, 0.25) is 18.1 Å². The summed E-state index contributed by atoms with van der Waals surface area (Å²) in [6.45, 7) is 6.89. The first-order chi connectivity index (χ1) is 16.1. The average molecular weight is 471 g/mol. The Morgan fingerprint density at radius 1 is 1.21 bits per heavy atom. The van der Waals surface area contributed by atoms with Crippen LogP contribution in [0.15, 0.2) is 49.1 Å². The number of hydrogen-bond donors (Lipinski definition) is 2. The van der Waals surface area contributed by atoms with Crippen LogP contribution in [0, 0.1) is 0 Å². The number of amides is 3. The summed E-state index contributed by atoms with van der Waals surface area (Å²) in [7, 11) is 1.93. The molecule has 2 heterocycles. The van der Waals surface area contributed by atoms with Gasteiger partial charge in [0.05, 0.1) is 13.6 Å². The molecule has 1 aromatic carbocycles. The summed E-state index contributed by atoms with van der Waals surface area (Å²) >= 11 is 0. The SMILES string of the molecule is C[n+]1ccn(CCNC(=O)C(Cc2ccccc2)NC(=O)C2CCCN2C(=O)OC(C)(C)C)c1. The van der Waals surface area contributed by atoms with Crippen molar-refractivity contribution in [1.29, 1.82) is 0 Å². The lowest BCUT2D eigenvalue weighted by molar-refractivity contribution is -0.671. The van der Waals surface area contributed by atoms with Crippen molar-refractivity contribution in [3.63, 3.8) is 0 Å². The maximum absolute atomic E-state index is 13.2. The fourth-order valence-electron chi connectivity index (χ4n) is 3.97. The van der Waals surface area contributed by atoms with E-state index in [9.17, 15) is 14.4 Å². The van der Waals surface area contributed by atoms with E-state index in [1.54, 1.807) is 20.8 Å². The van der Waals surface area contributed by atoms with Crippen LogP contribution in [0.5, 0.6) is 0 Å². The quantitative estimate of drug-likeness (QED) is 0.572. The highest BCUT2D eigenvalue weighted by Crippen LogP contribution is 2.21. The molecule has 184 valence electrons. The largest absolute Gasteiger partial charge is 0.444 e. The van der Waals surface area contributed by atoms with Crippen molar-refractivity contribution in [1.82, 2.24) is 20.1 Å². The molecule has 0 saturated carbocycles. The third-order valence-corrected chi connectivity index (χ3v) is 5.59. The molecule has 9 heteroatoms. The molecule has 2 aromatic rings. The number of hydrogen-bond acceptors (Lipinski definition) is 4. The minimum absolute atomic E-state index is 0.254. The maximum Gasteiger partial charge on any atom is 0.410 e. The number of carbonyl (C=O) groups excluding carboxylic acids is 3. The van der Waals surface area contributed by atoms with E-state index in [1.807, 2.05) is 65.2 Å². The predicted octanol–water partition coefficient (Wildman–Crippen LogP) is 1.56. The Kier molecular flexibility index (Phi) is 8.31. The van der Waals surface area contributed by atoms with Gasteiger partial charge in [0.1, 0.15) is 36.6 Å². The van der Waals surface area contributed by atoms with E-state index >= 15 is 0 Å². The van der Waals surface area contributed by atoms with E-state index in [1.165, 1.54) is 4.90 Å². The standard InChI is InChI=1S/C25H35N5O4/c1-25(2,3)34-24(33)30-13-8-11-21(30)23(32)27-20(17-19-9-6-5-7-10-19)22(31)26-12-14-29-16-15-28(4)18-29/h5-7,9-10,15-16,18,20-21H,8,11-14,17H2,1-4H3,(H-,26,27,31,32)/p+1. The van der Waals surface area contributed by atoms with Crippen molar-refractivity contribution in [2.24, 2.45) is 7.05 Å². The minimum atomic E-state index is -0.753. The molecule has 1 aliphatic heterocycles. The molecule has 3 amide bonds. The Labute approximate surface area is 201 Å². The first-order valence-electron chi connectivity index (χ1n) is 11.7. The number of likely N-dealkylation sites (tertiary alicyclic amines) is 1. The third-order valence-electron chi connectivity index (χ3n) is 5.59. The van der Waals surface area contributed by atoms with Gasteiger partial charge in [-0.3, -0.25) is 14.5 Å². The molecule has 1 saturated heterocycles. The van der Waals surface area contributed by atoms with Crippen LogP contribution in [0.2, 0.25) is 0 Å². The molecule has 2 atom stereocenters. The second kappa shape index (κ2) is 11.2. The maximum atomic E-state index is 13.2. The Bertz CT molecular complexity index is 983. The van der Waals surface area contributed by atoms with Crippen LogP contribution >= 0.6 is 0 Å². The van der Waals surface area contributed by atoms with E-state index in [2.05, 4.69) is 10.6 Å². The minimum Gasteiger partial charge on any atom is -0.444 e. The zero-order valence-electron chi connectivity index (χ0n) is 20.5. The number of benzene rings is 1. The zero-order valence-corrected chi connectivity index (χ0v) is 20.5. The van der Waals surface area contributed by atoms with Gasteiger partial charge in [-0.25, -0.2) is 13.9 Å². The highest BCUT2D eigenvalue weighted by atomic mass is 16.6. The number of ether oxygens (including phenoxy) is 1. The number of rotatable bonds is 8. The van der Waals surface area contributed by atoms with Gasteiger partial charge in [0.15, 0.2) is 0 Å². The third kappa shape index (κ3) is 7.33.